The highest BCUT2D eigenvalue weighted by Crippen LogP contribution is 2.37. The lowest BCUT2D eigenvalue weighted by Crippen LogP contribution is -2.40. The van der Waals surface area contributed by atoms with Crippen LogP contribution in [0.4, 0.5) is 48.5 Å². The molecule has 0 aliphatic heterocycles. The van der Waals surface area contributed by atoms with Gasteiger partial charge < -0.3 is 70.7 Å². The number of nitrogens with zero attached hydrogens (tertiary/aromatic N) is 16. The van der Waals surface area contributed by atoms with E-state index < -0.39 is 32.7 Å². The first-order chi connectivity index (χ1) is 64.3. The number of fused-ring (bicyclic) bond motifs is 10. The SMILES string of the molecule is CC#N.CCN.CCN(Cc1nc2c[n+]([O-])c3cc(Br)ccc3c2n1CC)C(=O)OC(C)(C)C.CCN(Cc1nc2cnc3cc(Br)ccc3c2n1CC)C(=O)OC(C)(C)C.CCNc1c(CC(=O)CN(CC)C(=O)OC(C)(C)C)cnc2cc(Br)ccc12.CCNc1c(N)cnc2cc(Br)ccc12.CCNc1c([N+](=O)[O-])cnc2cc(Br)ccc12.O=[N+]([O-])c1cnc2cc(Br)ccc2c1Cl. The fourth-order valence-electron chi connectivity index (χ4n) is 13.6. The van der Waals surface area contributed by atoms with Gasteiger partial charge in [-0.25, -0.2) is 34.3 Å². The molecule has 0 saturated carbocycles. The average Bonchev–Trinajstić information content (AvgIpc) is 1.58. The minimum Gasteiger partial charge on any atom is -0.618 e. The highest BCUT2D eigenvalue weighted by Gasteiger charge is 2.29. The number of nitrogens with one attached hydrogen (secondary N) is 3. The first-order valence-corrected chi connectivity index (χ1v) is 48.8. The summed E-state index contributed by atoms with van der Waals surface area (Å²) < 4.78 is 27.0. The molecule has 40 heteroatoms. The summed E-state index contributed by atoms with van der Waals surface area (Å²) in [7, 11) is 0. The third-order valence-electron chi connectivity index (χ3n) is 19.3. The van der Waals surface area contributed by atoms with Crippen LogP contribution >= 0.6 is 107 Å². The zero-order valence-electron chi connectivity index (χ0n) is 79.4. The van der Waals surface area contributed by atoms with Gasteiger partial charge in [0, 0.05) is 143 Å². The van der Waals surface area contributed by atoms with Crippen LogP contribution in [0.3, 0.4) is 0 Å². The number of anilines is 4. The molecule has 0 saturated heterocycles. The van der Waals surface area contributed by atoms with E-state index in [2.05, 4.69) is 164 Å². The summed E-state index contributed by atoms with van der Waals surface area (Å²) in [5.74, 6) is 1.49. The lowest BCUT2D eigenvalue weighted by Gasteiger charge is -2.26. The largest absolute Gasteiger partial charge is 0.618 e. The third kappa shape index (κ3) is 31.1. The van der Waals surface area contributed by atoms with Crippen molar-refractivity contribution in [1.82, 2.24) is 58.7 Å². The van der Waals surface area contributed by atoms with Crippen molar-refractivity contribution in [3.63, 3.8) is 0 Å². The molecule has 0 bridgehead atoms. The van der Waals surface area contributed by atoms with E-state index in [1.165, 1.54) is 24.2 Å². The number of pyridine rings is 6. The Balaban J connectivity index is 0.000000223. The van der Waals surface area contributed by atoms with Gasteiger partial charge in [-0.2, -0.15) is 9.99 Å². The van der Waals surface area contributed by atoms with Crippen LogP contribution in [0.15, 0.2) is 173 Å². The summed E-state index contributed by atoms with van der Waals surface area (Å²) in [6, 6.07) is 36.0. The van der Waals surface area contributed by atoms with Crippen molar-refractivity contribution < 1.29 is 48.0 Å². The number of rotatable bonds is 21. The number of hydrogen-bond donors (Lipinski definition) is 5. The minimum atomic E-state index is -0.595. The molecular weight excluding hydrogens is 2150 g/mol. The van der Waals surface area contributed by atoms with Crippen LogP contribution in [0.2, 0.25) is 5.02 Å². The van der Waals surface area contributed by atoms with Gasteiger partial charge in [0.1, 0.15) is 57.1 Å². The maximum absolute atomic E-state index is 12.7. The van der Waals surface area contributed by atoms with E-state index in [4.69, 9.17) is 47.5 Å². The Bertz CT molecular complexity index is 6650. The number of nitriles is 1. The molecule has 0 spiro atoms. The van der Waals surface area contributed by atoms with Gasteiger partial charge in [0.2, 0.25) is 11.7 Å². The summed E-state index contributed by atoms with van der Waals surface area (Å²) >= 11 is 26.3. The number of carbonyl (C=O) groups excluding carboxylic acids is 4. The summed E-state index contributed by atoms with van der Waals surface area (Å²) in [4.78, 5) is 106. The molecule has 724 valence electrons. The number of carbonyl (C=O) groups is 4. The van der Waals surface area contributed by atoms with Gasteiger partial charge in [0.05, 0.1) is 103 Å². The molecule has 0 radical (unpaired) electrons. The molecule has 14 rings (SSSR count). The maximum atomic E-state index is 12.7. The number of ketones is 1. The second-order valence-electron chi connectivity index (χ2n) is 32.9. The molecule has 0 aliphatic carbocycles. The van der Waals surface area contributed by atoms with Gasteiger partial charge >= 0.3 is 29.7 Å². The zero-order chi connectivity index (χ0) is 101. The Morgan fingerprint density at radius 2 is 0.824 bits per heavy atom. The van der Waals surface area contributed by atoms with Crippen LogP contribution in [-0.4, -0.2) is 162 Å². The molecule has 136 heavy (non-hydrogen) atoms. The van der Waals surface area contributed by atoms with E-state index in [-0.39, 0.29) is 47.3 Å². The minimum absolute atomic E-state index is 0.00155. The average molecular weight is 2270 g/mol. The van der Waals surface area contributed by atoms with Crippen molar-refractivity contribution in [1.29, 1.82) is 5.26 Å². The number of benzene rings is 6. The molecule has 8 heterocycles. The summed E-state index contributed by atoms with van der Waals surface area (Å²) in [5.41, 5.74) is 20.8. The van der Waals surface area contributed by atoms with Gasteiger partial charge in [-0.3, -0.25) is 40.0 Å². The van der Waals surface area contributed by atoms with Gasteiger partial charge in [0.15, 0.2) is 11.3 Å². The van der Waals surface area contributed by atoms with E-state index in [9.17, 15) is 44.6 Å². The number of aromatic nitrogens is 10. The van der Waals surface area contributed by atoms with Gasteiger partial charge in [-0.05, 0) is 227 Å². The number of ether oxygens (including phenoxy) is 3. The molecular formula is C96H114Br6ClN21O12. The molecule has 0 fully saturated rings. The third-order valence-corrected chi connectivity index (χ3v) is 22.7. The summed E-state index contributed by atoms with van der Waals surface area (Å²) in [6.07, 6.45) is 8.17. The Morgan fingerprint density at radius 1 is 0.485 bits per heavy atom. The van der Waals surface area contributed by atoms with Crippen LogP contribution in [-0.2, 0) is 51.6 Å². The second-order valence-corrected chi connectivity index (χ2v) is 38.7. The lowest BCUT2D eigenvalue weighted by molar-refractivity contribution is -0.575. The highest BCUT2D eigenvalue weighted by atomic mass is 79.9. The molecule has 7 N–H and O–H groups in total. The number of imidazole rings is 2. The smallest absolute Gasteiger partial charge is 0.410 e. The highest BCUT2D eigenvalue weighted by molar-refractivity contribution is 9.11. The first-order valence-electron chi connectivity index (χ1n) is 43.6. The van der Waals surface area contributed by atoms with Crippen LogP contribution in [0.25, 0.3) is 87.5 Å². The normalized spacial score (nSPS) is 11.0. The van der Waals surface area contributed by atoms with Gasteiger partial charge in [0.25, 0.3) is 0 Å². The number of hydrogen-bond acceptors (Lipinski definition) is 25. The zero-order valence-corrected chi connectivity index (χ0v) is 89.7. The standard InChI is InChI=1S/C21H28BrN3O3.C20H25BrN4O3.C20H25BrN4O2.C11H10BrN3O2.C11H12BrN3.C9H4BrClN2O2.C2H7N.C2H3N/c1-6-23-19-14(12-24-18-11-15(22)8-9-17(18)19)10-16(26)13-25(7-2)20(27)28-21(3,4)5;1-6-23(19(26)28-20(3,4)5)12-17-22-15-11-25(27)16-10-13(21)8-9-14(16)18(15)24(17)7-2;1-6-24(19(26)27-20(3,4)5)12-17-23-16-11-22-15-10-13(21)8-9-14(15)18(16)25(17)7-2;1-2-13-11-8-4-3-7(12)5-9(8)14-6-10(11)15(16)17;1-2-14-11-8-4-3-7(12)5-10(8)15-6-9(11)13;10-5-1-2-6-7(3-5)12-4-8(9(6)11)13(14)15;2*1-2-3/h8-9,11-12H,6-7,10,13H2,1-5H3,(H,23,24);8-11H,6-7,12H2,1-5H3;8-11H,6-7,12H2,1-5H3;3-6H,2H2,1H3,(H,13,14);3-6H,2,13H2,1H3,(H,14,15);1-4H;2-3H2,1H3;1H3. The lowest BCUT2D eigenvalue weighted by atomic mass is 10.0. The van der Waals surface area contributed by atoms with Crippen LogP contribution in [0, 0.1) is 36.8 Å². The predicted octanol–water partition coefficient (Wildman–Crippen LogP) is 24.7. The number of nitrogen functional groups attached to an aromatic ring is 1. The Labute approximate surface area is 845 Å². The van der Waals surface area contributed by atoms with Crippen molar-refractivity contribution >= 4 is 253 Å². The van der Waals surface area contributed by atoms with E-state index in [1.54, 1.807) is 58.7 Å². The Kier molecular flexibility index (Phi) is 42.4. The molecule has 0 atom stereocenters. The number of nitro groups is 2. The number of aryl methyl sites for hydroxylation is 2. The molecule has 14 aromatic rings. The fraction of sp³-hybridized carbons (Fsp3) is 0.365. The summed E-state index contributed by atoms with van der Waals surface area (Å²) in [5, 5.41) is 56.3. The quantitative estimate of drug-likeness (QED) is 0.0147. The second kappa shape index (κ2) is 51.7. The van der Waals surface area contributed by atoms with E-state index in [0.717, 1.165) is 158 Å². The van der Waals surface area contributed by atoms with Crippen molar-refractivity contribution in [2.24, 2.45) is 5.73 Å². The molecule has 3 amide bonds. The molecule has 0 unspecified atom stereocenters. The van der Waals surface area contributed by atoms with Crippen molar-refractivity contribution in [3.8, 4) is 6.07 Å². The van der Waals surface area contributed by atoms with E-state index in [1.807, 2.05) is 197 Å². The molecule has 33 nitrogen and oxygen atoms in total. The molecule has 8 aromatic heterocycles. The van der Waals surface area contributed by atoms with Gasteiger partial charge in [-0.15, -0.1) is 0 Å². The number of halogens is 7. The van der Waals surface area contributed by atoms with E-state index in [0.29, 0.717) is 79.1 Å². The van der Waals surface area contributed by atoms with Crippen LogP contribution in [0.1, 0.15) is 149 Å². The van der Waals surface area contributed by atoms with Crippen molar-refractivity contribution in [3.05, 3.63) is 221 Å². The van der Waals surface area contributed by atoms with Crippen molar-refractivity contribution in [2.75, 3.05) is 74.0 Å². The fourth-order valence-corrected chi connectivity index (χ4v) is 16.0. The number of nitrogens with two attached hydrogens (primary N) is 2. The number of amides is 3. The molecule has 0 aliphatic rings. The maximum Gasteiger partial charge on any atom is 0.410 e. The Morgan fingerprint density at radius 3 is 1.25 bits per heavy atom. The first kappa shape index (κ1) is 112. The number of likely N-dealkylation sites (N-methyl/N-ethyl adjacent to an activating group) is 1. The van der Waals surface area contributed by atoms with Gasteiger partial charge in [-0.1, -0.05) is 114 Å². The monoisotopic (exact) mass is 2260 g/mol. The summed E-state index contributed by atoms with van der Waals surface area (Å²) in [6.45, 7) is 42.2. The number of Topliss-reactive ketones (excluding diaryl/α,β-unsaturated/α-hetero) is 1. The van der Waals surface area contributed by atoms with Crippen LogP contribution in [0.5, 0.6) is 0 Å². The molecule has 6 aromatic carbocycles. The predicted molar refractivity (Wildman–Crippen MR) is 564 cm³/mol. The van der Waals surface area contributed by atoms with Crippen LogP contribution < -0.4 is 32.1 Å². The van der Waals surface area contributed by atoms with Crippen molar-refractivity contribution in [2.45, 2.75) is 181 Å². The van der Waals surface area contributed by atoms with E-state index >= 15 is 0 Å². The topological polar surface area (TPSA) is 431 Å². The Hall–Kier alpha value is -11.4.